The molecule has 1 heterocycles. The van der Waals surface area contributed by atoms with Gasteiger partial charge < -0.3 is 4.90 Å². The van der Waals surface area contributed by atoms with Gasteiger partial charge in [0.25, 0.3) is 0 Å². The number of hydrazine groups is 1. The van der Waals surface area contributed by atoms with Gasteiger partial charge in [-0.2, -0.15) is 5.26 Å². The van der Waals surface area contributed by atoms with Crippen molar-refractivity contribution in [3.8, 4) is 6.07 Å². The van der Waals surface area contributed by atoms with E-state index in [1.54, 1.807) is 0 Å². The van der Waals surface area contributed by atoms with Gasteiger partial charge in [-0.1, -0.05) is 91.0 Å². The molecule has 0 bridgehead atoms. The van der Waals surface area contributed by atoms with Gasteiger partial charge in [0, 0.05) is 13.5 Å². The Morgan fingerprint density at radius 2 is 1.36 bits per heavy atom. The Labute approximate surface area is 212 Å². The highest BCUT2D eigenvalue weighted by molar-refractivity contribution is 5.90. The van der Waals surface area contributed by atoms with Gasteiger partial charge in [-0.3, -0.25) is 20.4 Å². The van der Waals surface area contributed by atoms with Gasteiger partial charge >= 0.3 is 0 Å². The van der Waals surface area contributed by atoms with Crippen LogP contribution in [0.2, 0.25) is 0 Å². The molecule has 184 valence electrons. The highest BCUT2D eigenvalue weighted by Gasteiger charge is 2.43. The number of benzene rings is 3. The number of carbonyl (C=O) groups excluding carboxylic acids is 2. The van der Waals surface area contributed by atoms with Crippen LogP contribution in [-0.2, 0) is 20.4 Å². The van der Waals surface area contributed by atoms with Crippen LogP contribution in [0.25, 0.3) is 0 Å². The van der Waals surface area contributed by atoms with E-state index >= 15 is 0 Å². The van der Waals surface area contributed by atoms with Crippen LogP contribution in [0.15, 0.2) is 91.0 Å². The number of rotatable bonds is 7. The molecule has 0 spiro atoms. The Balaban J connectivity index is 1.53. The molecule has 6 nitrogen and oxygen atoms in total. The maximum Gasteiger partial charge on any atom is 0.249 e. The SMILES string of the molecule is CC(=O)NNC(=O)C1(c2ccccc2)CCN(CCC(C#N)(c2ccccc2)c2ccccc2)CC1. The molecule has 0 unspecified atom stereocenters. The number of amides is 2. The molecular weight excluding hydrogens is 448 g/mol. The second kappa shape index (κ2) is 11.2. The van der Waals surface area contributed by atoms with Gasteiger partial charge in [0.05, 0.1) is 11.5 Å². The van der Waals surface area contributed by atoms with Gasteiger partial charge in [0.1, 0.15) is 5.41 Å². The van der Waals surface area contributed by atoms with Crippen molar-refractivity contribution in [1.29, 1.82) is 5.26 Å². The summed E-state index contributed by atoms with van der Waals surface area (Å²) in [5, 5.41) is 10.5. The fourth-order valence-electron chi connectivity index (χ4n) is 5.24. The predicted octanol–water partition coefficient (Wildman–Crippen LogP) is 4.09. The monoisotopic (exact) mass is 480 g/mol. The van der Waals surface area contributed by atoms with Crippen molar-refractivity contribution >= 4 is 11.8 Å². The van der Waals surface area contributed by atoms with E-state index in [-0.39, 0.29) is 11.8 Å². The second-order valence-electron chi connectivity index (χ2n) is 9.42. The molecule has 0 saturated carbocycles. The van der Waals surface area contributed by atoms with Crippen LogP contribution < -0.4 is 10.9 Å². The summed E-state index contributed by atoms with van der Waals surface area (Å²) in [4.78, 5) is 27.0. The van der Waals surface area contributed by atoms with E-state index in [9.17, 15) is 14.9 Å². The molecule has 3 aromatic rings. The number of piperidine rings is 1. The lowest BCUT2D eigenvalue weighted by molar-refractivity contribution is -0.133. The van der Waals surface area contributed by atoms with E-state index in [2.05, 4.69) is 21.8 Å². The number of hydrogen-bond acceptors (Lipinski definition) is 4. The molecule has 1 fully saturated rings. The molecule has 2 N–H and O–H groups in total. The number of nitriles is 1. The highest BCUT2D eigenvalue weighted by atomic mass is 16.2. The Morgan fingerprint density at radius 1 is 0.861 bits per heavy atom. The smallest absolute Gasteiger partial charge is 0.249 e. The van der Waals surface area contributed by atoms with Crippen LogP contribution in [0.4, 0.5) is 0 Å². The summed E-state index contributed by atoms with van der Waals surface area (Å²) in [5.74, 6) is -0.498. The Morgan fingerprint density at radius 3 is 1.83 bits per heavy atom. The molecular formula is C30H32N4O2. The van der Waals surface area contributed by atoms with Gasteiger partial charge in [-0.25, -0.2) is 0 Å². The molecule has 4 rings (SSSR count). The Kier molecular flexibility index (Phi) is 7.82. The first kappa shape index (κ1) is 25.2. The third-order valence-electron chi connectivity index (χ3n) is 7.35. The lowest BCUT2D eigenvalue weighted by Gasteiger charge is -2.41. The second-order valence-corrected chi connectivity index (χ2v) is 9.42. The van der Waals surface area contributed by atoms with E-state index in [0.29, 0.717) is 32.4 Å². The molecule has 1 aliphatic heterocycles. The number of likely N-dealkylation sites (tertiary alicyclic amines) is 1. The highest BCUT2D eigenvalue weighted by Crippen LogP contribution is 2.38. The first-order valence-corrected chi connectivity index (χ1v) is 12.4. The average Bonchev–Trinajstić information content (AvgIpc) is 2.94. The van der Waals surface area contributed by atoms with E-state index in [1.165, 1.54) is 6.92 Å². The zero-order valence-electron chi connectivity index (χ0n) is 20.6. The van der Waals surface area contributed by atoms with Crippen LogP contribution in [-0.4, -0.2) is 36.3 Å². The molecule has 1 aliphatic rings. The maximum absolute atomic E-state index is 13.3. The van der Waals surface area contributed by atoms with Gasteiger partial charge in [-0.15, -0.1) is 0 Å². The van der Waals surface area contributed by atoms with Crippen LogP contribution in [0.5, 0.6) is 0 Å². The largest absolute Gasteiger partial charge is 0.303 e. The summed E-state index contributed by atoms with van der Waals surface area (Å²) in [6, 6.07) is 32.4. The molecule has 1 saturated heterocycles. The van der Waals surface area contributed by atoms with Gasteiger partial charge in [0.2, 0.25) is 11.8 Å². The van der Waals surface area contributed by atoms with Crippen molar-refractivity contribution in [3.63, 3.8) is 0 Å². The Hall–Kier alpha value is -3.95. The lowest BCUT2D eigenvalue weighted by atomic mass is 9.71. The van der Waals surface area contributed by atoms with E-state index < -0.39 is 10.8 Å². The molecule has 3 aromatic carbocycles. The van der Waals surface area contributed by atoms with Crippen LogP contribution in [0.3, 0.4) is 0 Å². The van der Waals surface area contributed by atoms with Crippen molar-refractivity contribution < 1.29 is 9.59 Å². The molecule has 6 heteroatoms. The summed E-state index contributed by atoms with van der Waals surface area (Å²) in [6.45, 7) is 3.54. The van der Waals surface area contributed by atoms with Gasteiger partial charge in [-0.05, 0) is 49.0 Å². The third kappa shape index (κ3) is 5.17. The molecule has 0 radical (unpaired) electrons. The number of hydrogen-bond donors (Lipinski definition) is 2. The van der Waals surface area contributed by atoms with Crippen molar-refractivity contribution in [2.24, 2.45) is 0 Å². The summed E-state index contributed by atoms with van der Waals surface area (Å²) in [7, 11) is 0. The molecule has 0 aliphatic carbocycles. The number of nitrogens with zero attached hydrogens (tertiary/aromatic N) is 2. The van der Waals surface area contributed by atoms with Gasteiger partial charge in [0.15, 0.2) is 0 Å². The quantitative estimate of drug-likeness (QED) is 0.499. The van der Waals surface area contributed by atoms with Crippen LogP contribution >= 0.6 is 0 Å². The first-order valence-electron chi connectivity index (χ1n) is 12.4. The van der Waals surface area contributed by atoms with Crippen LogP contribution in [0.1, 0.15) is 42.9 Å². The van der Waals surface area contributed by atoms with E-state index in [1.807, 2.05) is 91.0 Å². The van der Waals surface area contributed by atoms with E-state index in [0.717, 1.165) is 23.2 Å². The molecule has 2 amide bonds. The summed E-state index contributed by atoms with van der Waals surface area (Å²) >= 11 is 0. The normalized spacial score (nSPS) is 15.4. The fourth-order valence-corrected chi connectivity index (χ4v) is 5.24. The van der Waals surface area contributed by atoms with Crippen LogP contribution in [0, 0.1) is 11.3 Å². The Bertz CT molecular complexity index is 1160. The molecule has 36 heavy (non-hydrogen) atoms. The third-order valence-corrected chi connectivity index (χ3v) is 7.35. The summed E-state index contributed by atoms with van der Waals surface area (Å²) in [5.41, 5.74) is 6.53. The van der Waals surface area contributed by atoms with Crippen molar-refractivity contribution in [2.45, 2.75) is 37.0 Å². The van der Waals surface area contributed by atoms with Crippen molar-refractivity contribution in [1.82, 2.24) is 15.8 Å². The van der Waals surface area contributed by atoms with Crippen molar-refractivity contribution in [3.05, 3.63) is 108 Å². The number of nitrogens with one attached hydrogen (secondary N) is 2. The topological polar surface area (TPSA) is 85.2 Å². The zero-order chi connectivity index (χ0) is 25.4. The minimum Gasteiger partial charge on any atom is -0.303 e. The molecule has 0 aromatic heterocycles. The average molecular weight is 481 g/mol. The maximum atomic E-state index is 13.3. The zero-order valence-corrected chi connectivity index (χ0v) is 20.6. The summed E-state index contributed by atoms with van der Waals surface area (Å²) < 4.78 is 0. The minimum absolute atomic E-state index is 0.191. The number of carbonyl (C=O) groups is 2. The summed E-state index contributed by atoms with van der Waals surface area (Å²) in [6.07, 6.45) is 1.89. The predicted molar refractivity (Wildman–Crippen MR) is 140 cm³/mol. The first-order chi connectivity index (χ1) is 17.5. The fraction of sp³-hybridized carbons (Fsp3) is 0.300. The minimum atomic E-state index is -0.751. The lowest BCUT2D eigenvalue weighted by Crippen LogP contribution is -2.55. The van der Waals surface area contributed by atoms with Crippen molar-refractivity contribution in [2.75, 3.05) is 19.6 Å². The van der Waals surface area contributed by atoms with E-state index in [4.69, 9.17) is 0 Å². The molecule has 0 atom stereocenters. The standard InChI is InChI=1S/C30H32N4O2/c1-24(35)32-33-28(36)29(25-11-5-2-6-12-25)17-20-34(21-18-29)22-19-30(23-31,26-13-7-3-8-14-26)27-15-9-4-10-16-27/h2-16H,17-22H2,1H3,(H,32,35)(H,33,36).